The Morgan fingerprint density at radius 3 is 2.19 bits per heavy atom. The first kappa shape index (κ1) is 13.0. The van der Waals surface area contributed by atoms with Gasteiger partial charge in [0.2, 0.25) is 0 Å². The molecule has 16 heavy (non-hydrogen) atoms. The minimum atomic E-state index is 0.0433. The van der Waals surface area contributed by atoms with E-state index in [1.54, 1.807) is 0 Å². The summed E-state index contributed by atoms with van der Waals surface area (Å²) in [6.45, 7) is 6.34. The molecule has 0 spiro atoms. The Morgan fingerprint density at radius 1 is 1.12 bits per heavy atom. The summed E-state index contributed by atoms with van der Waals surface area (Å²) >= 11 is 0. The molecule has 1 heteroatoms. The highest BCUT2D eigenvalue weighted by Crippen LogP contribution is 2.22. The van der Waals surface area contributed by atoms with E-state index in [-0.39, 0.29) is 5.92 Å². The lowest BCUT2D eigenvalue weighted by Gasteiger charge is -2.15. The minimum absolute atomic E-state index is 0.0433. The van der Waals surface area contributed by atoms with E-state index in [0.29, 0.717) is 11.7 Å². The lowest BCUT2D eigenvalue weighted by Crippen LogP contribution is -2.13. The topological polar surface area (TPSA) is 17.1 Å². The molecular weight excluding hydrogens is 196 g/mol. The first-order chi connectivity index (χ1) is 7.69. The fourth-order valence-corrected chi connectivity index (χ4v) is 1.97. The van der Waals surface area contributed by atoms with Crippen molar-refractivity contribution in [1.29, 1.82) is 0 Å². The van der Waals surface area contributed by atoms with Crippen molar-refractivity contribution in [3.63, 3.8) is 0 Å². The zero-order valence-corrected chi connectivity index (χ0v) is 10.6. The van der Waals surface area contributed by atoms with Crippen molar-refractivity contribution in [2.75, 3.05) is 0 Å². The van der Waals surface area contributed by atoms with Gasteiger partial charge >= 0.3 is 0 Å². The number of hydrogen-bond acceptors (Lipinski definition) is 1. The van der Waals surface area contributed by atoms with Crippen LogP contribution in [0, 0.1) is 5.92 Å². The lowest BCUT2D eigenvalue weighted by atomic mass is 9.88. The highest BCUT2D eigenvalue weighted by molar-refractivity contribution is 5.85. The van der Waals surface area contributed by atoms with E-state index in [4.69, 9.17) is 0 Å². The van der Waals surface area contributed by atoms with Crippen LogP contribution in [0.4, 0.5) is 0 Å². The third-order valence-electron chi connectivity index (χ3n) is 3.43. The second-order valence-corrected chi connectivity index (χ2v) is 4.49. The molecule has 0 aliphatic rings. The smallest absolute Gasteiger partial charge is 0.140 e. The highest BCUT2D eigenvalue weighted by Gasteiger charge is 2.17. The number of rotatable bonds is 6. The number of carbonyl (C=O) groups is 1. The third-order valence-corrected chi connectivity index (χ3v) is 3.43. The van der Waals surface area contributed by atoms with Gasteiger partial charge in [0.1, 0.15) is 5.78 Å². The van der Waals surface area contributed by atoms with Gasteiger partial charge in [0.05, 0.1) is 0 Å². The maximum atomic E-state index is 12.1. The molecule has 0 fully saturated rings. The van der Waals surface area contributed by atoms with E-state index in [2.05, 4.69) is 13.8 Å². The van der Waals surface area contributed by atoms with Crippen molar-refractivity contribution in [1.82, 2.24) is 0 Å². The van der Waals surface area contributed by atoms with E-state index in [9.17, 15) is 4.79 Å². The number of Topliss-reactive ketones (excluding diaryl/α,β-unsaturated/α-hetero) is 1. The maximum Gasteiger partial charge on any atom is 0.140 e. The Bertz CT molecular complexity index is 311. The molecule has 1 atom stereocenters. The van der Waals surface area contributed by atoms with E-state index >= 15 is 0 Å². The summed E-state index contributed by atoms with van der Waals surface area (Å²) in [4.78, 5) is 12.1. The lowest BCUT2D eigenvalue weighted by molar-refractivity contribution is -0.121. The normalized spacial score (nSPS) is 12.8. The molecule has 0 radical (unpaired) electrons. The Balaban J connectivity index is 2.61. The fourth-order valence-electron chi connectivity index (χ4n) is 1.97. The molecule has 1 aromatic rings. The summed E-state index contributed by atoms with van der Waals surface area (Å²) < 4.78 is 0. The van der Waals surface area contributed by atoms with Gasteiger partial charge in [0.15, 0.2) is 0 Å². The summed E-state index contributed by atoms with van der Waals surface area (Å²) in [5, 5.41) is 0. The molecule has 0 N–H and O–H groups in total. The highest BCUT2D eigenvalue weighted by atomic mass is 16.1. The molecule has 0 heterocycles. The predicted octanol–water partition coefficient (Wildman–Crippen LogP) is 4.19. The number of ketones is 1. The van der Waals surface area contributed by atoms with Crippen LogP contribution in [0.2, 0.25) is 0 Å². The van der Waals surface area contributed by atoms with Gasteiger partial charge in [-0.2, -0.15) is 0 Å². The Kier molecular flexibility index (Phi) is 5.24. The van der Waals surface area contributed by atoms with Gasteiger partial charge < -0.3 is 0 Å². The van der Waals surface area contributed by atoms with Crippen LogP contribution in [0.5, 0.6) is 0 Å². The first-order valence-corrected chi connectivity index (χ1v) is 6.26. The molecule has 1 rings (SSSR count). The van der Waals surface area contributed by atoms with Crippen LogP contribution in [0.3, 0.4) is 0 Å². The van der Waals surface area contributed by atoms with E-state index in [1.807, 2.05) is 37.3 Å². The van der Waals surface area contributed by atoms with Crippen LogP contribution >= 0.6 is 0 Å². The van der Waals surface area contributed by atoms with Crippen molar-refractivity contribution in [2.24, 2.45) is 5.92 Å². The average molecular weight is 218 g/mol. The monoisotopic (exact) mass is 218 g/mol. The van der Waals surface area contributed by atoms with E-state index in [1.165, 1.54) is 0 Å². The number of hydrogen-bond donors (Lipinski definition) is 0. The van der Waals surface area contributed by atoms with Crippen molar-refractivity contribution < 1.29 is 4.79 Å². The van der Waals surface area contributed by atoms with Gasteiger partial charge in [-0.05, 0) is 11.5 Å². The van der Waals surface area contributed by atoms with Gasteiger partial charge in [0, 0.05) is 12.3 Å². The summed E-state index contributed by atoms with van der Waals surface area (Å²) in [6, 6.07) is 10.1. The second-order valence-electron chi connectivity index (χ2n) is 4.49. The third kappa shape index (κ3) is 3.48. The Labute approximate surface area is 98.9 Å². The van der Waals surface area contributed by atoms with Gasteiger partial charge in [-0.1, -0.05) is 63.9 Å². The average Bonchev–Trinajstić information content (AvgIpc) is 2.35. The van der Waals surface area contributed by atoms with Crippen molar-refractivity contribution >= 4 is 5.78 Å². The van der Waals surface area contributed by atoms with Crippen LogP contribution < -0.4 is 0 Å². The molecule has 0 saturated carbocycles. The summed E-state index contributed by atoms with van der Waals surface area (Å²) in [7, 11) is 0. The molecule has 1 aromatic carbocycles. The summed E-state index contributed by atoms with van der Waals surface area (Å²) in [5.41, 5.74) is 1.14. The molecule has 0 bridgehead atoms. The molecule has 88 valence electrons. The predicted molar refractivity (Wildman–Crippen MR) is 68.6 cm³/mol. The van der Waals surface area contributed by atoms with Crippen LogP contribution in [-0.2, 0) is 4.79 Å². The minimum Gasteiger partial charge on any atom is -0.299 e. The van der Waals surface area contributed by atoms with Crippen molar-refractivity contribution in [2.45, 2.75) is 46.0 Å². The van der Waals surface area contributed by atoms with E-state index in [0.717, 1.165) is 24.8 Å². The summed E-state index contributed by atoms with van der Waals surface area (Å²) in [6.07, 6.45) is 2.93. The summed E-state index contributed by atoms with van der Waals surface area (Å²) in [5.74, 6) is 0.973. The van der Waals surface area contributed by atoms with Gasteiger partial charge in [-0.15, -0.1) is 0 Å². The Hall–Kier alpha value is -1.11. The zero-order chi connectivity index (χ0) is 12.0. The first-order valence-electron chi connectivity index (χ1n) is 6.26. The Morgan fingerprint density at radius 2 is 1.69 bits per heavy atom. The zero-order valence-electron chi connectivity index (χ0n) is 10.6. The van der Waals surface area contributed by atoms with Crippen LogP contribution in [0.1, 0.15) is 51.5 Å². The van der Waals surface area contributed by atoms with Crippen molar-refractivity contribution in [3.05, 3.63) is 35.9 Å². The largest absolute Gasteiger partial charge is 0.299 e. The maximum absolute atomic E-state index is 12.1. The van der Waals surface area contributed by atoms with E-state index < -0.39 is 0 Å². The molecular formula is C15H22O. The molecule has 0 aliphatic carbocycles. The number of carbonyl (C=O) groups excluding carboxylic acids is 1. The standard InChI is InChI=1S/C15H22O/c1-4-13(5-2)11-15(16)12(3)14-9-7-6-8-10-14/h6-10,12-13H,4-5,11H2,1-3H3. The number of benzene rings is 1. The SMILES string of the molecule is CCC(CC)CC(=O)C(C)c1ccccc1. The van der Waals surface area contributed by atoms with Crippen LogP contribution in [0.15, 0.2) is 30.3 Å². The molecule has 0 aromatic heterocycles. The van der Waals surface area contributed by atoms with Gasteiger partial charge in [-0.3, -0.25) is 4.79 Å². The van der Waals surface area contributed by atoms with Crippen molar-refractivity contribution in [3.8, 4) is 0 Å². The molecule has 0 saturated heterocycles. The second kappa shape index (κ2) is 6.47. The quantitative estimate of drug-likeness (QED) is 0.700. The molecule has 1 nitrogen and oxygen atoms in total. The fraction of sp³-hybridized carbons (Fsp3) is 0.533. The molecule has 0 aliphatic heterocycles. The van der Waals surface area contributed by atoms with Gasteiger partial charge in [-0.25, -0.2) is 0 Å². The van der Waals surface area contributed by atoms with Gasteiger partial charge in [0.25, 0.3) is 0 Å². The van der Waals surface area contributed by atoms with Crippen LogP contribution in [-0.4, -0.2) is 5.78 Å². The van der Waals surface area contributed by atoms with Crippen LogP contribution in [0.25, 0.3) is 0 Å². The molecule has 1 unspecified atom stereocenters. The molecule has 0 amide bonds.